The molecule has 3 aromatic carbocycles. The highest BCUT2D eigenvalue weighted by Crippen LogP contribution is 2.44. The van der Waals surface area contributed by atoms with Gasteiger partial charge in [0, 0.05) is 30.8 Å². The van der Waals surface area contributed by atoms with Crippen molar-refractivity contribution in [2.75, 3.05) is 0 Å². The van der Waals surface area contributed by atoms with E-state index in [1.54, 1.807) is 6.07 Å². The third kappa shape index (κ3) is 5.06. The number of carbonyl (C=O) groups is 1. The average molecular weight is 494 g/mol. The number of carboxylic acids is 1. The molecule has 4 nitrogen and oxygen atoms in total. The lowest BCUT2D eigenvalue weighted by Crippen LogP contribution is -2.28. The second-order valence-electron chi connectivity index (χ2n) is 10.7. The summed E-state index contributed by atoms with van der Waals surface area (Å²) in [6.07, 6.45) is -1.15. The van der Waals surface area contributed by atoms with Gasteiger partial charge in [0.25, 0.3) is 0 Å². The quantitative estimate of drug-likeness (QED) is 0.401. The zero-order valence-corrected chi connectivity index (χ0v) is 21.7. The molecule has 1 heterocycles. The van der Waals surface area contributed by atoms with Crippen LogP contribution < -0.4 is 0 Å². The van der Waals surface area contributed by atoms with E-state index in [-0.39, 0.29) is 6.54 Å². The van der Waals surface area contributed by atoms with Crippen LogP contribution in [0.2, 0.25) is 0 Å². The molecule has 1 N–H and O–H groups in total. The van der Waals surface area contributed by atoms with Crippen LogP contribution in [0, 0.1) is 32.4 Å². The molecule has 0 saturated carbocycles. The molecular formula is C30H33F2NO3. The summed E-state index contributed by atoms with van der Waals surface area (Å²) in [5.74, 6) is -2.73. The third-order valence-electron chi connectivity index (χ3n) is 6.81. The van der Waals surface area contributed by atoms with Crippen LogP contribution in [0.25, 0.3) is 11.1 Å². The maximum atomic E-state index is 14.4. The van der Waals surface area contributed by atoms with Crippen molar-refractivity contribution in [3.63, 3.8) is 0 Å². The van der Waals surface area contributed by atoms with Crippen molar-refractivity contribution < 1.29 is 23.4 Å². The van der Waals surface area contributed by atoms with Crippen molar-refractivity contribution in [3.8, 4) is 11.1 Å². The maximum absolute atomic E-state index is 14.4. The molecule has 1 unspecified atom stereocenters. The number of benzene rings is 3. The van der Waals surface area contributed by atoms with Gasteiger partial charge in [0.15, 0.2) is 17.7 Å². The highest BCUT2D eigenvalue weighted by Gasteiger charge is 2.35. The molecule has 36 heavy (non-hydrogen) atoms. The lowest BCUT2D eigenvalue weighted by Gasteiger charge is -2.30. The predicted molar refractivity (Wildman–Crippen MR) is 137 cm³/mol. The largest absolute Gasteiger partial charge is 0.479 e. The van der Waals surface area contributed by atoms with Gasteiger partial charge in [-0.25, -0.2) is 13.6 Å². The Balaban J connectivity index is 1.86. The van der Waals surface area contributed by atoms with E-state index in [0.717, 1.165) is 45.0 Å². The van der Waals surface area contributed by atoms with Crippen molar-refractivity contribution in [1.82, 2.24) is 4.90 Å². The first kappa shape index (κ1) is 26.0. The Kier molecular flexibility index (Phi) is 7.04. The molecule has 0 aromatic heterocycles. The normalized spacial score (nSPS) is 14.7. The monoisotopic (exact) mass is 493 g/mol. The molecule has 0 bridgehead atoms. The molecule has 190 valence electrons. The Labute approximate surface area is 211 Å². The molecule has 0 aliphatic carbocycles. The number of aryl methyl sites for hydroxylation is 1. The van der Waals surface area contributed by atoms with Crippen molar-refractivity contribution >= 4 is 5.97 Å². The summed E-state index contributed by atoms with van der Waals surface area (Å²) in [4.78, 5) is 14.6. The van der Waals surface area contributed by atoms with Crippen molar-refractivity contribution in [2.24, 2.45) is 0 Å². The Bertz CT molecular complexity index is 1310. The van der Waals surface area contributed by atoms with Gasteiger partial charge in [-0.3, -0.25) is 4.90 Å². The van der Waals surface area contributed by atoms with E-state index < -0.39 is 29.3 Å². The number of fused-ring (bicyclic) bond motifs is 1. The van der Waals surface area contributed by atoms with Crippen LogP contribution in [0.4, 0.5) is 8.78 Å². The molecule has 0 saturated heterocycles. The molecule has 1 aliphatic rings. The van der Waals surface area contributed by atoms with Crippen molar-refractivity contribution in [1.29, 1.82) is 0 Å². The summed E-state index contributed by atoms with van der Waals surface area (Å²) in [5.41, 5.74) is 7.16. The Morgan fingerprint density at radius 2 is 1.61 bits per heavy atom. The van der Waals surface area contributed by atoms with Gasteiger partial charge in [-0.1, -0.05) is 42.0 Å². The molecule has 0 amide bonds. The molecule has 0 radical (unpaired) electrons. The SMILES string of the molecule is Cc1ccc(-c2c(C)c3c(c(C)c2C(OC(C)(C)C)C(=O)O)CN(Cc2cccc(F)c2F)C3)cc1. The van der Waals surface area contributed by atoms with E-state index in [2.05, 4.69) is 4.90 Å². The molecule has 1 atom stereocenters. The molecule has 0 spiro atoms. The van der Waals surface area contributed by atoms with Gasteiger partial charge in [0.05, 0.1) is 5.60 Å². The van der Waals surface area contributed by atoms with E-state index >= 15 is 0 Å². The van der Waals surface area contributed by atoms with Crippen LogP contribution in [-0.4, -0.2) is 21.6 Å². The number of carboxylic acid groups (broad SMARTS) is 1. The summed E-state index contributed by atoms with van der Waals surface area (Å²) < 4.78 is 34.3. The Morgan fingerprint density at radius 1 is 1.00 bits per heavy atom. The van der Waals surface area contributed by atoms with Crippen molar-refractivity contribution in [3.05, 3.63) is 93.0 Å². The van der Waals surface area contributed by atoms with Gasteiger partial charge in [0.2, 0.25) is 0 Å². The number of aliphatic carboxylic acids is 1. The van der Waals surface area contributed by atoms with Crippen LogP contribution in [0.1, 0.15) is 65.8 Å². The lowest BCUT2D eigenvalue weighted by molar-refractivity contribution is -0.160. The number of hydrogen-bond acceptors (Lipinski definition) is 3. The first-order valence-electron chi connectivity index (χ1n) is 12.1. The number of halogens is 2. The molecule has 0 fully saturated rings. The van der Waals surface area contributed by atoms with Crippen LogP contribution in [-0.2, 0) is 29.2 Å². The number of nitrogens with zero attached hydrogens (tertiary/aromatic N) is 1. The smallest absolute Gasteiger partial charge is 0.337 e. The summed E-state index contributed by atoms with van der Waals surface area (Å²) >= 11 is 0. The third-order valence-corrected chi connectivity index (χ3v) is 6.81. The maximum Gasteiger partial charge on any atom is 0.337 e. The van der Waals surface area contributed by atoms with Gasteiger partial charge in [0.1, 0.15) is 0 Å². The topological polar surface area (TPSA) is 49.8 Å². The first-order valence-corrected chi connectivity index (χ1v) is 12.1. The standard InChI is InChI=1S/C30H33F2NO3/c1-17-10-12-20(13-11-17)25-18(2)22-15-33(14-21-8-7-9-24(31)27(21)32)16-23(22)19(3)26(25)28(29(34)35)36-30(4,5)6/h7-13,28H,14-16H2,1-6H3,(H,34,35). The fourth-order valence-corrected chi connectivity index (χ4v) is 5.12. The summed E-state index contributed by atoms with van der Waals surface area (Å²) in [7, 11) is 0. The average Bonchev–Trinajstić information content (AvgIpc) is 3.22. The highest BCUT2D eigenvalue weighted by molar-refractivity contribution is 5.84. The Morgan fingerprint density at radius 3 is 2.19 bits per heavy atom. The van der Waals surface area contributed by atoms with Gasteiger partial charge in [-0.2, -0.15) is 0 Å². The molecule has 6 heteroatoms. The van der Waals surface area contributed by atoms with Crippen LogP contribution in [0.15, 0.2) is 42.5 Å². The lowest BCUT2D eigenvalue weighted by atomic mass is 9.83. The molecular weight excluding hydrogens is 460 g/mol. The van der Waals surface area contributed by atoms with E-state index in [1.165, 1.54) is 6.07 Å². The van der Waals surface area contributed by atoms with Gasteiger partial charge in [-0.05, 0) is 81.0 Å². The zero-order chi connectivity index (χ0) is 26.4. The fraction of sp³-hybridized carbons (Fsp3) is 0.367. The first-order chi connectivity index (χ1) is 16.9. The molecule has 3 aromatic rings. The number of ether oxygens (including phenoxy) is 1. The summed E-state index contributed by atoms with van der Waals surface area (Å²) in [5, 5.41) is 10.3. The van der Waals surface area contributed by atoms with E-state index in [1.807, 2.05) is 65.8 Å². The second kappa shape index (κ2) is 9.75. The van der Waals surface area contributed by atoms with Crippen LogP contribution >= 0.6 is 0 Å². The van der Waals surface area contributed by atoms with E-state index in [4.69, 9.17) is 4.74 Å². The number of rotatable bonds is 6. The van der Waals surface area contributed by atoms with Crippen LogP contribution in [0.3, 0.4) is 0 Å². The van der Waals surface area contributed by atoms with Crippen molar-refractivity contribution in [2.45, 2.75) is 72.9 Å². The number of hydrogen-bond donors (Lipinski definition) is 1. The van der Waals surface area contributed by atoms with Crippen LogP contribution in [0.5, 0.6) is 0 Å². The predicted octanol–water partition coefficient (Wildman–Crippen LogP) is 7.01. The van der Waals surface area contributed by atoms with E-state index in [0.29, 0.717) is 24.2 Å². The minimum absolute atomic E-state index is 0.257. The van der Waals surface area contributed by atoms with E-state index in [9.17, 15) is 18.7 Å². The molecule has 4 rings (SSSR count). The zero-order valence-electron chi connectivity index (χ0n) is 21.7. The minimum Gasteiger partial charge on any atom is -0.479 e. The minimum atomic E-state index is -1.15. The highest BCUT2D eigenvalue weighted by atomic mass is 19.2. The van der Waals surface area contributed by atoms with Gasteiger partial charge in [-0.15, -0.1) is 0 Å². The summed E-state index contributed by atoms with van der Waals surface area (Å²) in [6, 6.07) is 12.3. The second-order valence-corrected chi connectivity index (χ2v) is 10.7. The fourth-order valence-electron chi connectivity index (χ4n) is 5.12. The Hall–Kier alpha value is -3.09. The van der Waals surface area contributed by atoms with Gasteiger partial charge < -0.3 is 9.84 Å². The summed E-state index contributed by atoms with van der Waals surface area (Å²) in [6.45, 7) is 12.8. The molecule has 1 aliphatic heterocycles. The van der Waals surface area contributed by atoms with Gasteiger partial charge >= 0.3 is 5.97 Å².